The summed E-state index contributed by atoms with van der Waals surface area (Å²) in [5.74, 6) is -4.07. The van der Waals surface area contributed by atoms with Gasteiger partial charge in [-0.25, -0.2) is 0 Å². The van der Waals surface area contributed by atoms with Gasteiger partial charge in [-0.1, -0.05) is 80.0 Å². The van der Waals surface area contributed by atoms with Crippen LogP contribution in [0.2, 0.25) is 0 Å². The molecule has 0 aliphatic carbocycles. The third kappa shape index (κ3) is 10.8. The van der Waals surface area contributed by atoms with Crippen molar-refractivity contribution in [2.45, 2.75) is 124 Å². The van der Waals surface area contributed by atoms with E-state index in [1.54, 1.807) is 20.0 Å². The molecule has 0 saturated carbocycles. The molecule has 2 heterocycles. The number of aromatic nitrogens is 1. The van der Waals surface area contributed by atoms with Gasteiger partial charge in [0.1, 0.15) is 36.3 Å². The van der Waals surface area contributed by atoms with E-state index in [1.165, 1.54) is 6.92 Å². The number of carbonyl (C=O) groups is 6. The third-order valence-corrected chi connectivity index (χ3v) is 9.20. The SMILES string of the molecule is CC[C@H](C)[C@H]1NC(=O)[C@H](C(C)C)NC(=O)[C@@H](CC(C)C)NC(=O)[C@H](CC(C)C)NC(=O)[C@H](Cc2c[nH]c3ccccc23)NC(=O)[C@@H](C)NC1=O. The van der Waals surface area contributed by atoms with Crippen LogP contribution in [0, 0.1) is 23.7 Å². The van der Waals surface area contributed by atoms with Gasteiger partial charge < -0.3 is 36.9 Å². The first kappa shape index (κ1) is 40.0. The van der Waals surface area contributed by atoms with Crippen LogP contribution >= 0.6 is 0 Å². The average Bonchev–Trinajstić information content (AvgIpc) is 3.45. The van der Waals surface area contributed by atoms with Crippen molar-refractivity contribution < 1.29 is 28.8 Å². The number of H-pyrrole nitrogens is 1. The van der Waals surface area contributed by atoms with Crippen molar-refractivity contribution in [2.24, 2.45) is 23.7 Å². The van der Waals surface area contributed by atoms with E-state index in [0.29, 0.717) is 6.42 Å². The summed E-state index contributed by atoms with van der Waals surface area (Å²) in [6, 6.07) is 1.35. The van der Waals surface area contributed by atoms with E-state index in [2.05, 4.69) is 36.9 Å². The quantitative estimate of drug-likeness (QED) is 0.211. The lowest BCUT2D eigenvalue weighted by atomic mass is 9.95. The van der Waals surface area contributed by atoms with Gasteiger partial charge in [0.15, 0.2) is 0 Å². The summed E-state index contributed by atoms with van der Waals surface area (Å²) in [6.07, 6.45) is 2.96. The van der Waals surface area contributed by atoms with Crippen molar-refractivity contribution in [3.63, 3.8) is 0 Å². The fraction of sp³-hybridized carbons (Fsp3) is 0.622. The fourth-order valence-electron chi connectivity index (χ4n) is 6.08. The van der Waals surface area contributed by atoms with Crippen molar-refractivity contribution in [3.05, 3.63) is 36.0 Å². The summed E-state index contributed by atoms with van der Waals surface area (Å²) in [5, 5.41) is 17.7. The van der Waals surface area contributed by atoms with E-state index in [1.807, 2.05) is 65.8 Å². The molecule has 1 aliphatic heterocycles. The molecule has 3 rings (SSSR count). The lowest BCUT2D eigenvalue weighted by Crippen LogP contribution is -2.62. The average molecular weight is 696 g/mol. The highest BCUT2D eigenvalue weighted by Gasteiger charge is 2.36. The molecule has 7 atom stereocenters. The van der Waals surface area contributed by atoms with Crippen molar-refractivity contribution >= 4 is 46.3 Å². The Bertz CT molecular complexity index is 1520. The molecule has 6 amide bonds. The molecular formula is C37H57N7O6. The standard InChI is InChI=1S/C37H57N7O6/c1-10-22(8)31-37(50)39-23(9)32(45)40-29(17-24-18-38-26-14-12-11-13-25(24)26)34(47)41-27(15-19(2)3)33(46)42-28(16-20(4)5)35(48)43-30(21(6)7)36(49)44-31/h11-14,18-23,27-31,38H,10,15-17H2,1-9H3,(H,39,50)(H,40,45)(H,41,47)(H,42,46)(H,43,48)(H,44,49)/t22-,23+,27-,28+,29-,30-,31+/m0/s1. The van der Waals surface area contributed by atoms with E-state index in [-0.39, 0.29) is 42.9 Å². The minimum Gasteiger partial charge on any atom is -0.361 e. The Morgan fingerprint density at radius 3 is 1.66 bits per heavy atom. The molecule has 2 aromatic rings. The van der Waals surface area contributed by atoms with Gasteiger partial charge in [0.05, 0.1) is 0 Å². The Kier molecular flexibility index (Phi) is 14.4. The molecule has 0 unspecified atom stereocenters. The Balaban J connectivity index is 2.08. The van der Waals surface area contributed by atoms with E-state index in [0.717, 1.165) is 16.5 Å². The maximum Gasteiger partial charge on any atom is 0.243 e. The van der Waals surface area contributed by atoms with Gasteiger partial charge in [-0.2, -0.15) is 0 Å². The van der Waals surface area contributed by atoms with Gasteiger partial charge in [0.25, 0.3) is 0 Å². The van der Waals surface area contributed by atoms with Crippen LogP contribution in [0.15, 0.2) is 30.5 Å². The van der Waals surface area contributed by atoms with Crippen molar-refractivity contribution in [1.82, 2.24) is 36.9 Å². The predicted molar refractivity (Wildman–Crippen MR) is 192 cm³/mol. The molecule has 50 heavy (non-hydrogen) atoms. The monoisotopic (exact) mass is 695 g/mol. The van der Waals surface area contributed by atoms with Crippen LogP contribution in [0.1, 0.15) is 87.1 Å². The highest BCUT2D eigenvalue weighted by atomic mass is 16.2. The van der Waals surface area contributed by atoms with E-state index >= 15 is 0 Å². The number of benzene rings is 1. The second-order valence-corrected chi connectivity index (χ2v) is 14.8. The first-order chi connectivity index (χ1) is 23.5. The molecule has 7 N–H and O–H groups in total. The highest BCUT2D eigenvalue weighted by Crippen LogP contribution is 2.20. The topological polar surface area (TPSA) is 190 Å². The maximum absolute atomic E-state index is 14.1. The van der Waals surface area contributed by atoms with Crippen molar-refractivity contribution in [3.8, 4) is 0 Å². The van der Waals surface area contributed by atoms with Gasteiger partial charge in [-0.05, 0) is 55.1 Å². The molecule has 0 spiro atoms. The number of para-hydroxylation sites is 1. The zero-order valence-corrected chi connectivity index (χ0v) is 30.9. The summed E-state index contributed by atoms with van der Waals surface area (Å²) in [5.41, 5.74) is 1.64. The minimum atomic E-state index is -1.12. The Labute approximate surface area is 295 Å². The largest absolute Gasteiger partial charge is 0.361 e. The molecule has 0 bridgehead atoms. The summed E-state index contributed by atoms with van der Waals surface area (Å²) in [7, 11) is 0. The number of aromatic amines is 1. The van der Waals surface area contributed by atoms with E-state index in [4.69, 9.17) is 0 Å². The molecule has 276 valence electrons. The van der Waals surface area contributed by atoms with Crippen LogP contribution in [0.3, 0.4) is 0 Å². The van der Waals surface area contributed by atoms with Crippen LogP contribution in [0.25, 0.3) is 10.9 Å². The number of nitrogens with one attached hydrogen (secondary N) is 7. The number of fused-ring (bicyclic) bond motifs is 1. The Morgan fingerprint density at radius 1 is 0.600 bits per heavy atom. The predicted octanol–water partition coefficient (Wildman–Crippen LogP) is 2.45. The van der Waals surface area contributed by atoms with Crippen LogP contribution in [-0.4, -0.2) is 76.7 Å². The van der Waals surface area contributed by atoms with E-state index in [9.17, 15) is 28.8 Å². The first-order valence-corrected chi connectivity index (χ1v) is 17.9. The summed E-state index contributed by atoms with van der Waals surface area (Å²) in [4.78, 5) is 85.8. The smallest absolute Gasteiger partial charge is 0.243 e. The van der Waals surface area contributed by atoms with Crippen LogP contribution < -0.4 is 31.9 Å². The fourth-order valence-corrected chi connectivity index (χ4v) is 6.08. The number of amides is 6. The van der Waals surface area contributed by atoms with E-state index < -0.39 is 71.7 Å². The molecule has 1 saturated heterocycles. The van der Waals surface area contributed by atoms with Crippen LogP contribution in [0.4, 0.5) is 0 Å². The molecule has 1 aromatic carbocycles. The number of rotatable bonds is 9. The third-order valence-electron chi connectivity index (χ3n) is 9.20. The maximum atomic E-state index is 14.1. The zero-order chi connectivity index (χ0) is 37.3. The normalized spacial score (nSPS) is 25.7. The lowest BCUT2D eigenvalue weighted by molar-refractivity contribution is -0.137. The van der Waals surface area contributed by atoms with Gasteiger partial charge in [0, 0.05) is 23.5 Å². The van der Waals surface area contributed by atoms with Gasteiger partial charge >= 0.3 is 0 Å². The lowest BCUT2D eigenvalue weighted by Gasteiger charge is -2.31. The summed E-state index contributed by atoms with van der Waals surface area (Å²) < 4.78 is 0. The highest BCUT2D eigenvalue weighted by molar-refractivity contribution is 5.98. The number of carbonyl (C=O) groups excluding carboxylic acids is 6. The Hall–Kier alpha value is -4.42. The van der Waals surface area contributed by atoms with Crippen LogP contribution in [-0.2, 0) is 35.2 Å². The first-order valence-electron chi connectivity index (χ1n) is 17.9. The van der Waals surface area contributed by atoms with Gasteiger partial charge in [-0.15, -0.1) is 0 Å². The summed E-state index contributed by atoms with van der Waals surface area (Å²) >= 11 is 0. The Morgan fingerprint density at radius 2 is 1.10 bits per heavy atom. The van der Waals surface area contributed by atoms with Crippen molar-refractivity contribution in [2.75, 3.05) is 0 Å². The van der Waals surface area contributed by atoms with Gasteiger partial charge in [0.2, 0.25) is 35.4 Å². The molecule has 13 nitrogen and oxygen atoms in total. The number of hydrogen-bond donors (Lipinski definition) is 7. The molecule has 13 heteroatoms. The second-order valence-electron chi connectivity index (χ2n) is 14.8. The minimum absolute atomic E-state index is 0.00427. The zero-order valence-electron chi connectivity index (χ0n) is 30.9. The summed E-state index contributed by atoms with van der Waals surface area (Å²) in [6.45, 7) is 16.4. The van der Waals surface area contributed by atoms with Crippen LogP contribution in [0.5, 0.6) is 0 Å². The second kappa shape index (κ2) is 18.0. The van der Waals surface area contributed by atoms with Crippen molar-refractivity contribution in [1.29, 1.82) is 0 Å². The molecule has 1 aromatic heterocycles. The molecule has 0 radical (unpaired) electrons. The van der Waals surface area contributed by atoms with Gasteiger partial charge in [-0.3, -0.25) is 28.8 Å². The molecule has 1 aliphatic rings. The number of hydrogen-bond acceptors (Lipinski definition) is 6. The molecular weight excluding hydrogens is 638 g/mol. The molecule has 1 fully saturated rings.